The maximum atomic E-state index is 10.9. The van der Waals surface area contributed by atoms with Gasteiger partial charge in [-0.05, 0) is 6.42 Å². The first-order valence-electron chi connectivity index (χ1n) is 3.33. The first-order valence-corrected chi connectivity index (χ1v) is 3.33. The summed E-state index contributed by atoms with van der Waals surface area (Å²) < 4.78 is 0. The van der Waals surface area contributed by atoms with Crippen LogP contribution in [0.5, 0.6) is 0 Å². The van der Waals surface area contributed by atoms with Crippen LogP contribution in [0.25, 0.3) is 0 Å². The van der Waals surface area contributed by atoms with Crippen LogP contribution in [-0.4, -0.2) is 35.1 Å². The predicted octanol–water partition coefficient (Wildman–Crippen LogP) is -0.234. The zero-order valence-electron chi connectivity index (χ0n) is 5.79. The van der Waals surface area contributed by atoms with Gasteiger partial charge in [0.2, 0.25) is 0 Å². The van der Waals surface area contributed by atoms with Gasteiger partial charge in [0.05, 0.1) is 0 Å². The number of hydrogen-bond donors (Lipinski definition) is 1. The zero-order chi connectivity index (χ0) is 7.56. The molecule has 3 nitrogen and oxygen atoms in total. The topological polar surface area (TPSA) is 40.5 Å². The van der Waals surface area contributed by atoms with E-state index in [0.717, 1.165) is 0 Å². The number of hydrogen-bond acceptors (Lipinski definition) is 2. The van der Waals surface area contributed by atoms with Gasteiger partial charge in [-0.15, -0.1) is 6.58 Å². The third-order valence-corrected chi connectivity index (χ3v) is 1.62. The maximum Gasteiger partial charge on any atom is 0.251 e. The minimum atomic E-state index is -0.764. The first kappa shape index (κ1) is 7.28. The number of aliphatic hydroxyl groups is 1. The molecule has 1 N–H and O–H groups in total. The number of nitrogens with zero attached hydrogens (tertiary/aromatic N) is 1. The molecular weight excluding hydrogens is 130 g/mol. The molecule has 0 radical (unpaired) electrons. The lowest BCUT2D eigenvalue weighted by atomic mass is 10.3. The number of aliphatic hydroxyl groups excluding tert-OH is 1. The smallest absolute Gasteiger partial charge is 0.251 e. The Hall–Kier alpha value is -0.830. The quantitative estimate of drug-likeness (QED) is 0.539. The van der Waals surface area contributed by atoms with Crippen molar-refractivity contribution < 1.29 is 9.90 Å². The van der Waals surface area contributed by atoms with E-state index in [0.29, 0.717) is 19.5 Å². The summed E-state index contributed by atoms with van der Waals surface area (Å²) in [4.78, 5) is 12.5. The molecule has 0 aromatic heterocycles. The molecule has 1 atom stereocenters. The van der Waals surface area contributed by atoms with E-state index in [1.807, 2.05) is 0 Å². The van der Waals surface area contributed by atoms with E-state index in [4.69, 9.17) is 5.11 Å². The van der Waals surface area contributed by atoms with Gasteiger partial charge >= 0.3 is 0 Å². The molecular formula is C7H11NO2. The van der Waals surface area contributed by atoms with Crippen LogP contribution in [-0.2, 0) is 4.79 Å². The van der Waals surface area contributed by atoms with Crippen LogP contribution in [0.4, 0.5) is 0 Å². The Balaban J connectivity index is 2.48. The number of carbonyl (C=O) groups excluding carboxylic acids is 1. The number of carbonyl (C=O) groups is 1. The Morgan fingerprint density at radius 3 is 3.00 bits per heavy atom. The third-order valence-electron chi connectivity index (χ3n) is 1.62. The second-order valence-electron chi connectivity index (χ2n) is 2.38. The summed E-state index contributed by atoms with van der Waals surface area (Å²) in [5.74, 6) is -0.167. The highest BCUT2D eigenvalue weighted by Crippen LogP contribution is 2.09. The van der Waals surface area contributed by atoms with E-state index in [1.54, 1.807) is 11.0 Å². The average molecular weight is 141 g/mol. The summed E-state index contributed by atoms with van der Waals surface area (Å²) in [6.07, 6.45) is 1.46. The second-order valence-corrected chi connectivity index (χ2v) is 2.38. The Morgan fingerprint density at radius 1 is 1.90 bits per heavy atom. The number of amides is 1. The molecule has 3 heteroatoms. The lowest BCUT2D eigenvalue weighted by Crippen LogP contribution is -2.29. The highest BCUT2D eigenvalue weighted by atomic mass is 16.3. The molecule has 1 aliphatic heterocycles. The Morgan fingerprint density at radius 2 is 2.60 bits per heavy atom. The molecule has 1 fully saturated rings. The fourth-order valence-corrected chi connectivity index (χ4v) is 1.06. The molecule has 56 valence electrons. The summed E-state index contributed by atoms with van der Waals surface area (Å²) in [5.41, 5.74) is 0. The van der Waals surface area contributed by atoms with Crippen LogP contribution in [0.2, 0.25) is 0 Å². The molecule has 1 aliphatic rings. The van der Waals surface area contributed by atoms with Crippen molar-refractivity contribution >= 4 is 5.91 Å². The predicted molar refractivity (Wildman–Crippen MR) is 37.4 cm³/mol. The van der Waals surface area contributed by atoms with Crippen LogP contribution in [0.1, 0.15) is 6.42 Å². The summed E-state index contributed by atoms with van der Waals surface area (Å²) in [6, 6.07) is 0. The molecule has 0 saturated carbocycles. The van der Waals surface area contributed by atoms with Crippen molar-refractivity contribution in [2.75, 3.05) is 13.1 Å². The van der Waals surface area contributed by atoms with Crippen LogP contribution in [0.15, 0.2) is 12.7 Å². The standard InChI is InChI=1S/C7H11NO2/c1-2-4-8-5-3-6(9)7(8)10/h2,6,9H,1,3-5H2/t6-/m0/s1. The van der Waals surface area contributed by atoms with E-state index >= 15 is 0 Å². The van der Waals surface area contributed by atoms with Crippen molar-refractivity contribution in [2.24, 2.45) is 0 Å². The summed E-state index contributed by atoms with van der Waals surface area (Å²) in [6.45, 7) is 4.72. The number of rotatable bonds is 2. The van der Waals surface area contributed by atoms with Gasteiger partial charge in [0, 0.05) is 13.1 Å². The molecule has 1 amide bonds. The van der Waals surface area contributed by atoms with Gasteiger partial charge in [0.1, 0.15) is 6.10 Å². The monoisotopic (exact) mass is 141 g/mol. The molecule has 1 saturated heterocycles. The van der Waals surface area contributed by atoms with Gasteiger partial charge in [-0.1, -0.05) is 6.08 Å². The fourth-order valence-electron chi connectivity index (χ4n) is 1.06. The molecule has 1 heterocycles. The summed E-state index contributed by atoms with van der Waals surface area (Å²) >= 11 is 0. The van der Waals surface area contributed by atoms with Crippen molar-refractivity contribution in [3.63, 3.8) is 0 Å². The maximum absolute atomic E-state index is 10.9. The van der Waals surface area contributed by atoms with Crippen LogP contribution >= 0.6 is 0 Å². The fraction of sp³-hybridized carbons (Fsp3) is 0.571. The van der Waals surface area contributed by atoms with Crippen LogP contribution in [0, 0.1) is 0 Å². The second kappa shape index (κ2) is 2.84. The molecule has 0 aromatic rings. The van der Waals surface area contributed by atoms with Crippen LogP contribution in [0.3, 0.4) is 0 Å². The highest BCUT2D eigenvalue weighted by Gasteiger charge is 2.28. The van der Waals surface area contributed by atoms with Gasteiger partial charge in [0.25, 0.3) is 5.91 Å². The van der Waals surface area contributed by atoms with E-state index in [1.165, 1.54) is 0 Å². The Bertz CT molecular complexity index is 156. The van der Waals surface area contributed by atoms with Gasteiger partial charge in [-0.2, -0.15) is 0 Å². The summed E-state index contributed by atoms with van der Waals surface area (Å²) in [7, 11) is 0. The van der Waals surface area contributed by atoms with Gasteiger partial charge in [-0.25, -0.2) is 0 Å². The average Bonchev–Trinajstić information content (AvgIpc) is 2.20. The Kier molecular flexibility index (Phi) is 2.06. The van der Waals surface area contributed by atoms with Gasteiger partial charge < -0.3 is 10.0 Å². The highest BCUT2D eigenvalue weighted by molar-refractivity contribution is 5.82. The Labute approximate surface area is 59.9 Å². The van der Waals surface area contributed by atoms with Crippen LogP contribution < -0.4 is 0 Å². The summed E-state index contributed by atoms with van der Waals surface area (Å²) in [5, 5.41) is 8.97. The zero-order valence-corrected chi connectivity index (χ0v) is 5.79. The lowest BCUT2D eigenvalue weighted by Gasteiger charge is -2.11. The van der Waals surface area contributed by atoms with Gasteiger partial charge in [0.15, 0.2) is 0 Å². The van der Waals surface area contributed by atoms with Gasteiger partial charge in [-0.3, -0.25) is 4.79 Å². The molecule has 0 bridgehead atoms. The van der Waals surface area contributed by atoms with Crippen molar-refractivity contribution in [3.8, 4) is 0 Å². The van der Waals surface area contributed by atoms with Crippen molar-refractivity contribution in [1.82, 2.24) is 4.90 Å². The molecule has 1 rings (SSSR count). The SMILES string of the molecule is C=CCN1CC[C@H](O)C1=O. The molecule has 0 aliphatic carbocycles. The normalized spacial score (nSPS) is 25.5. The third kappa shape index (κ3) is 1.19. The molecule has 0 unspecified atom stereocenters. The minimum absolute atomic E-state index is 0.167. The van der Waals surface area contributed by atoms with Crippen molar-refractivity contribution in [1.29, 1.82) is 0 Å². The number of likely N-dealkylation sites (tertiary alicyclic amines) is 1. The lowest BCUT2D eigenvalue weighted by molar-refractivity contribution is -0.134. The first-order chi connectivity index (χ1) is 4.75. The van der Waals surface area contributed by atoms with Crippen molar-refractivity contribution in [3.05, 3.63) is 12.7 Å². The van der Waals surface area contributed by atoms with E-state index in [-0.39, 0.29) is 5.91 Å². The molecule has 0 aromatic carbocycles. The largest absolute Gasteiger partial charge is 0.383 e. The van der Waals surface area contributed by atoms with E-state index in [2.05, 4.69) is 6.58 Å². The van der Waals surface area contributed by atoms with E-state index in [9.17, 15) is 4.79 Å². The minimum Gasteiger partial charge on any atom is -0.383 e. The molecule has 10 heavy (non-hydrogen) atoms. The van der Waals surface area contributed by atoms with E-state index < -0.39 is 6.10 Å². The molecule has 0 spiro atoms. The van der Waals surface area contributed by atoms with Crippen molar-refractivity contribution in [2.45, 2.75) is 12.5 Å².